The summed E-state index contributed by atoms with van der Waals surface area (Å²) in [7, 11) is 0. The first-order valence-electron chi connectivity index (χ1n) is 6.53. The Bertz CT molecular complexity index is 563. The van der Waals surface area contributed by atoms with Crippen molar-refractivity contribution in [3.05, 3.63) is 69.7 Å². The quantitative estimate of drug-likeness (QED) is 0.882. The minimum absolute atomic E-state index is 0.0517. The molecule has 0 aliphatic rings. The van der Waals surface area contributed by atoms with Crippen molar-refractivity contribution in [3.8, 4) is 0 Å². The second kappa shape index (κ2) is 6.23. The van der Waals surface area contributed by atoms with E-state index >= 15 is 0 Å². The highest BCUT2D eigenvalue weighted by Crippen LogP contribution is 2.27. The minimum atomic E-state index is 0.0517. The lowest BCUT2D eigenvalue weighted by molar-refractivity contribution is 0.264. The summed E-state index contributed by atoms with van der Waals surface area (Å²) in [5.74, 6) is 0.0517. The van der Waals surface area contributed by atoms with Crippen LogP contribution in [0.15, 0.2) is 42.5 Å². The third kappa shape index (κ3) is 3.37. The first-order chi connectivity index (χ1) is 9.11. The van der Waals surface area contributed by atoms with Gasteiger partial charge in [0.1, 0.15) is 0 Å². The number of aliphatic hydroxyl groups is 1. The molecule has 2 heteroatoms. The second-order valence-electron chi connectivity index (χ2n) is 5.02. The Kier molecular flexibility index (Phi) is 4.62. The van der Waals surface area contributed by atoms with Crippen molar-refractivity contribution >= 4 is 11.6 Å². The molecule has 1 atom stereocenters. The summed E-state index contributed by atoms with van der Waals surface area (Å²) >= 11 is 6.21. The fourth-order valence-electron chi connectivity index (χ4n) is 2.29. The Morgan fingerprint density at radius 2 is 1.79 bits per heavy atom. The third-order valence-corrected chi connectivity index (χ3v) is 3.96. The topological polar surface area (TPSA) is 20.2 Å². The van der Waals surface area contributed by atoms with E-state index in [2.05, 4.69) is 32.0 Å². The van der Waals surface area contributed by atoms with E-state index in [0.29, 0.717) is 0 Å². The molecule has 0 fully saturated rings. The molecule has 1 unspecified atom stereocenters. The first kappa shape index (κ1) is 14.1. The van der Waals surface area contributed by atoms with Crippen LogP contribution in [0.2, 0.25) is 5.02 Å². The molecule has 0 heterocycles. The summed E-state index contributed by atoms with van der Waals surface area (Å²) in [6, 6.07) is 14.2. The minimum Gasteiger partial charge on any atom is -0.396 e. The highest BCUT2D eigenvalue weighted by molar-refractivity contribution is 6.31. The zero-order chi connectivity index (χ0) is 13.8. The van der Waals surface area contributed by atoms with E-state index in [4.69, 9.17) is 11.6 Å². The van der Waals surface area contributed by atoms with Gasteiger partial charge in [-0.2, -0.15) is 0 Å². The molecule has 1 nitrogen and oxygen atoms in total. The monoisotopic (exact) mass is 274 g/mol. The van der Waals surface area contributed by atoms with Crippen LogP contribution in [0.4, 0.5) is 0 Å². The Morgan fingerprint density at radius 1 is 1.05 bits per heavy atom. The van der Waals surface area contributed by atoms with Crippen LogP contribution in [0.25, 0.3) is 0 Å². The van der Waals surface area contributed by atoms with Crippen LogP contribution in [-0.4, -0.2) is 11.7 Å². The Hall–Kier alpha value is -1.31. The van der Waals surface area contributed by atoms with Gasteiger partial charge >= 0.3 is 0 Å². The van der Waals surface area contributed by atoms with Crippen molar-refractivity contribution in [1.29, 1.82) is 0 Å². The molecule has 0 spiro atoms. The van der Waals surface area contributed by atoms with Crippen molar-refractivity contribution in [2.24, 2.45) is 0 Å². The summed E-state index contributed by atoms with van der Waals surface area (Å²) < 4.78 is 0. The summed E-state index contributed by atoms with van der Waals surface area (Å²) in [6.45, 7) is 4.33. The molecule has 2 rings (SSSR count). The maximum absolute atomic E-state index is 9.63. The molecule has 0 amide bonds. The number of rotatable bonds is 4. The van der Waals surface area contributed by atoms with Crippen molar-refractivity contribution in [1.82, 2.24) is 0 Å². The smallest absolute Gasteiger partial charge is 0.0503 e. The molecule has 1 N–H and O–H groups in total. The van der Waals surface area contributed by atoms with Crippen molar-refractivity contribution in [2.45, 2.75) is 26.2 Å². The highest BCUT2D eigenvalue weighted by Gasteiger charge is 2.14. The van der Waals surface area contributed by atoms with E-state index in [-0.39, 0.29) is 12.5 Å². The maximum Gasteiger partial charge on any atom is 0.0503 e. The molecular weight excluding hydrogens is 256 g/mol. The van der Waals surface area contributed by atoms with Crippen molar-refractivity contribution in [3.63, 3.8) is 0 Å². The Balaban J connectivity index is 2.24. The molecule has 0 saturated carbocycles. The zero-order valence-corrected chi connectivity index (χ0v) is 12.1. The fourth-order valence-corrected chi connectivity index (χ4v) is 2.58. The normalized spacial score (nSPS) is 12.4. The van der Waals surface area contributed by atoms with E-state index in [0.717, 1.165) is 17.0 Å². The fraction of sp³-hybridized carbons (Fsp3) is 0.294. The average molecular weight is 275 g/mol. The average Bonchev–Trinajstić information content (AvgIpc) is 2.41. The molecule has 19 heavy (non-hydrogen) atoms. The molecule has 0 aliphatic carbocycles. The van der Waals surface area contributed by atoms with Crippen LogP contribution in [0.1, 0.15) is 28.2 Å². The van der Waals surface area contributed by atoms with Crippen LogP contribution < -0.4 is 0 Å². The number of hydrogen-bond acceptors (Lipinski definition) is 1. The summed E-state index contributed by atoms with van der Waals surface area (Å²) in [6.07, 6.45) is 0.807. The zero-order valence-electron chi connectivity index (χ0n) is 11.4. The summed E-state index contributed by atoms with van der Waals surface area (Å²) in [5, 5.41) is 10.4. The number of halogens is 1. The second-order valence-corrected chi connectivity index (χ2v) is 5.43. The largest absolute Gasteiger partial charge is 0.396 e. The molecule has 0 radical (unpaired) electrons. The number of benzene rings is 2. The van der Waals surface area contributed by atoms with Crippen molar-refractivity contribution < 1.29 is 5.11 Å². The first-order valence-corrected chi connectivity index (χ1v) is 6.91. The highest BCUT2D eigenvalue weighted by atomic mass is 35.5. The third-order valence-electron chi connectivity index (χ3n) is 3.62. The lowest BCUT2D eigenvalue weighted by Crippen LogP contribution is -2.08. The molecule has 0 aliphatic heterocycles. The van der Waals surface area contributed by atoms with E-state index in [9.17, 15) is 5.11 Å². The summed E-state index contributed by atoms with van der Waals surface area (Å²) in [4.78, 5) is 0. The van der Waals surface area contributed by atoms with Crippen LogP contribution in [0.3, 0.4) is 0 Å². The summed E-state index contributed by atoms with van der Waals surface area (Å²) in [5.41, 5.74) is 4.84. The Morgan fingerprint density at radius 3 is 2.42 bits per heavy atom. The predicted octanol–water partition coefficient (Wildman–Crippen LogP) is 4.28. The van der Waals surface area contributed by atoms with E-state index in [1.807, 2.05) is 24.3 Å². The maximum atomic E-state index is 9.63. The van der Waals surface area contributed by atoms with Crippen LogP contribution >= 0.6 is 11.6 Å². The number of aryl methyl sites for hydroxylation is 2. The Labute approximate surface area is 119 Å². The van der Waals surface area contributed by atoms with Crippen LogP contribution in [0.5, 0.6) is 0 Å². The van der Waals surface area contributed by atoms with E-state index in [1.54, 1.807) is 0 Å². The van der Waals surface area contributed by atoms with E-state index in [1.165, 1.54) is 16.7 Å². The van der Waals surface area contributed by atoms with Crippen LogP contribution in [0, 0.1) is 13.8 Å². The SMILES string of the molecule is Cc1ccc(CC(CO)c2ccccc2Cl)cc1C. The van der Waals surface area contributed by atoms with Gasteiger partial charge in [-0.15, -0.1) is 0 Å². The predicted molar refractivity (Wildman–Crippen MR) is 80.9 cm³/mol. The van der Waals surface area contributed by atoms with Gasteiger partial charge in [-0.05, 0) is 48.6 Å². The van der Waals surface area contributed by atoms with Gasteiger partial charge in [0, 0.05) is 10.9 Å². The molecule has 2 aromatic carbocycles. The number of hydrogen-bond donors (Lipinski definition) is 1. The standard InChI is InChI=1S/C17H19ClO/c1-12-7-8-14(9-13(12)2)10-15(11-19)16-5-3-4-6-17(16)18/h3-9,15,19H,10-11H2,1-2H3. The molecular formula is C17H19ClO. The molecule has 100 valence electrons. The molecule has 0 aromatic heterocycles. The van der Waals surface area contributed by atoms with Gasteiger partial charge in [-0.3, -0.25) is 0 Å². The molecule has 0 bridgehead atoms. The van der Waals surface area contributed by atoms with Gasteiger partial charge in [-0.1, -0.05) is 48.0 Å². The van der Waals surface area contributed by atoms with Crippen molar-refractivity contribution in [2.75, 3.05) is 6.61 Å². The molecule has 0 saturated heterocycles. The van der Waals surface area contributed by atoms with Gasteiger partial charge < -0.3 is 5.11 Å². The van der Waals surface area contributed by atoms with E-state index < -0.39 is 0 Å². The van der Waals surface area contributed by atoms with Gasteiger partial charge in [0.15, 0.2) is 0 Å². The van der Waals surface area contributed by atoms with Gasteiger partial charge in [0.2, 0.25) is 0 Å². The van der Waals surface area contributed by atoms with Crippen LogP contribution in [-0.2, 0) is 6.42 Å². The van der Waals surface area contributed by atoms with Gasteiger partial charge in [0.05, 0.1) is 6.61 Å². The lowest BCUT2D eigenvalue weighted by Gasteiger charge is -2.17. The number of aliphatic hydroxyl groups excluding tert-OH is 1. The van der Waals surface area contributed by atoms with Gasteiger partial charge in [0.25, 0.3) is 0 Å². The van der Waals surface area contributed by atoms with Gasteiger partial charge in [-0.25, -0.2) is 0 Å². The lowest BCUT2D eigenvalue weighted by atomic mass is 9.91. The molecule has 2 aromatic rings.